The molecule has 1 aliphatic rings. The number of benzene rings is 1. The van der Waals surface area contributed by atoms with Crippen LogP contribution in [0, 0.1) is 5.92 Å². The van der Waals surface area contributed by atoms with Gasteiger partial charge >= 0.3 is 6.03 Å². The van der Waals surface area contributed by atoms with Crippen LogP contribution in [0.3, 0.4) is 0 Å². The summed E-state index contributed by atoms with van der Waals surface area (Å²) >= 11 is 5.85. The fourth-order valence-corrected chi connectivity index (χ4v) is 5.35. The largest absolute Gasteiger partial charge is 0.492 e. The van der Waals surface area contributed by atoms with Crippen LogP contribution in [0.2, 0.25) is 5.02 Å². The lowest BCUT2D eigenvalue weighted by molar-refractivity contribution is -0.133. The fourth-order valence-electron chi connectivity index (χ4n) is 3.55. The molecule has 35 heavy (non-hydrogen) atoms. The molecule has 0 spiro atoms. The van der Waals surface area contributed by atoms with E-state index in [1.165, 1.54) is 24.5 Å². The van der Waals surface area contributed by atoms with Gasteiger partial charge in [-0.15, -0.1) is 0 Å². The molecule has 1 aliphatic heterocycles. The van der Waals surface area contributed by atoms with Gasteiger partial charge in [0.25, 0.3) is 5.91 Å². The quantitative estimate of drug-likeness (QED) is 0.238. The molecule has 2 unspecified atom stereocenters. The Balaban J connectivity index is 1.98. The van der Waals surface area contributed by atoms with Crippen LogP contribution in [0.15, 0.2) is 24.3 Å². The smallest absolute Gasteiger partial charge is 0.327 e. The number of ether oxygens (including phenoxy) is 1. The van der Waals surface area contributed by atoms with Crippen LogP contribution in [0.5, 0.6) is 5.75 Å². The van der Waals surface area contributed by atoms with E-state index in [0.29, 0.717) is 10.8 Å². The maximum Gasteiger partial charge on any atom is 0.327 e. The fraction of sp³-hybridized carbons (Fsp3) is 0.591. The van der Waals surface area contributed by atoms with Gasteiger partial charge in [0.05, 0.1) is 17.7 Å². The van der Waals surface area contributed by atoms with Crippen molar-refractivity contribution in [1.82, 2.24) is 19.6 Å². The van der Waals surface area contributed by atoms with Gasteiger partial charge in [0.1, 0.15) is 17.9 Å². The second kappa shape index (κ2) is 11.5. The number of nitrogens with zero attached hydrogens (tertiary/aromatic N) is 3. The molecule has 1 aromatic rings. The van der Waals surface area contributed by atoms with E-state index < -0.39 is 45.2 Å². The number of imide groups is 1. The topological polar surface area (TPSA) is 137 Å². The minimum absolute atomic E-state index is 0.0296. The summed E-state index contributed by atoms with van der Waals surface area (Å²) in [6.45, 7) is 5.03. The first-order valence-electron chi connectivity index (χ1n) is 11.1. The molecule has 2 atom stereocenters. The van der Waals surface area contributed by atoms with Gasteiger partial charge in [-0.2, -0.15) is 4.31 Å². The Morgan fingerprint density at radius 3 is 2.37 bits per heavy atom. The number of halogens is 1. The van der Waals surface area contributed by atoms with Gasteiger partial charge in [0.2, 0.25) is 15.9 Å². The van der Waals surface area contributed by atoms with Gasteiger partial charge < -0.3 is 9.64 Å². The molecule has 0 aliphatic carbocycles. The van der Waals surface area contributed by atoms with Crippen LogP contribution in [0.25, 0.3) is 0 Å². The molecule has 1 saturated heterocycles. The highest BCUT2D eigenvalue weighted by molar-refractivity contribution is 7.89. The van der Waals surface area contributed by atoms with Crippen LogP contribution in [0.1, 0.15) is 33.6 Å². The van der Waals surface area contributed by atoms with Gasteiger partial charge in [-0.05, 0) is 57.9 Å². The SMILES string of the molecule is CC(COc1ccc(Cl)cc1)N(C)S(=O)(=O)CC(CCCN1C(=O)N(C)C(C)(C)C1=O)C(=O)NO. The van der Waals surface area contributed by atoms with Crippen molar-refractivity contribution < 1.29 is 32.7 Å². The molecule has 13 heteroatoms. The lowest BCUT2D eigenvalue weighted by Crippen LogP contribution is -2.43. The summed E-state index contributed by atoms with van der Waals surface area (Å²) in [6.07, 6.45) is 0.226. The molecule has 1 fully saturated rings. The summed E-state index contributed by atoms with van der Waals surface area (Å²) in [7, 11) is -1.00. The number of nitrogens with one attached hydrogen (secondary N) is 1. The minimum atomic E-state index is -3.92. The number of sulfonamides is 1. The molecule has 0 saturated carbocycles. The molecule has 196 valence electrons. The van der Waals surface area contributed by atoms with E-state index in [-0.39, 0.29) is 31.9 Å². The van der Waals surface area contributed by atoms with E-state index in [2.05, 4.69) is 0 Å². The van der Waals surface area contributed by atoms with Gasteiger partial charge in [-0.3, -0.25) is 19.7 Å². The van der Waals surface area contributed by atoms with E-state index in [9.17, 15) is 22.8 Å². The first-order chi connectivity index (χ1) is 16.2. The Labute approximate surface area is 211 Å². The highest BCUT2D eigenvalue weighted by Gasteiger charge is 2.48. The molecule has 0 bridgehead atoms. The molecular weight excluding hydrogens is 500 g/mol. The van der Waals surface area contributed by atoms with E-state index in [4.69, 9.17) is 21.5 Å². The number of hydrogen-bond donors (Lipinski definition) is 2. The van der Waals surface area contributed by atoms with Gasteiger partial charge in [0.15, 0.2) is 0 Å². The van der Waals surface area contributed by atoms with Gasteiger partial charge in [-0.25, -0.2) is 18.7 Å². The van der Waals surface area contributed by atoms with Crippen molar-refractivity contribution in [2.75, 3.05) is 33.0 Å². The number of amides is 4. The zero-order chi connectivity index (χ0) is 26.6. The average Bonchev–Trinajstić information content (AvgIpc) is 2.96. The number of likely N-dealkylation sites (N-methyl/N-ethyl adjacent to an activating group) is 2. The molecular formula is C22H33ClN4O7S. The molecule has 0 aromatic heterocycles. The van der Waals surface area contributed by atoms with Crippen LogP contribution in [-0.4, -0.2) is 90.2 Å². The van der Waals surface area contributed by atoms with Crippen LogP contribution >= 0.6 is 11.6 Å². The Morgan fingerprint density at radius 2 is 1.86 bits per heavy atom. The summed E-state index contributed by atoms with van der Waals surface area (Å²) < 4.78 is 32.7. The third-order valence-corrected chi connectivity index (χ3v) is 8.63. The minimum Gasteiger partial charge on any atom is -0.492 e. The van der Waals surface area contributed by atoms with Crippen LogP contribution < -0.4 is 10.2 Å². The Hall–Kier alpha value is -2.41. The molecule has 1 aromatic carbocycles. The van der Waals surface area contributed by atoms with Crippen LogP contribution in [-0.2, 0) is 19.6 Å². The Morgan fingerprint density at radius 1 is 1.26 bits per heavy atom. The number of hydrogen-bond acceptors (Lipinski definition) is 7. The average molecular weight is 533 g/mol. The molecule has 2 rings (SSSR count). The molecule has 0 radical (unpaired) electrons. The summed E-state index contributed by atoms with van der Waals surface area (Å²) in [5, 5.41) is 9.66. The standard InChI is InChI=1S/C22H33ClN4O7S/c1-15(13-34-18-10-8-17(23)9-11-18)26(5)35(32,33)14-16(19(28)24-31)7-6-12-27-20(29)22(2,3)25(4)21(27)30/h8-11,15-16,31H,6-7,12-14H2,1-5H3,(H,24,28). The van der Waals surface area contributed by atoms with Crippen molar-refractivity contribution >= 4 is 39.5 Å². The van der Waals surface area contributed by atoms with Crippen LogP contribution in [0.4, 0.5) is 4.79 Å². The van der Waals surface area contributed by atoms with E-state index in [1.807, 2.05) is 0 Å². The van der Waals surface area contributed by atoms with Crippen molar-refractivity contribution in [3.63, 3.8) is 0 Å². The number of urea groups is 1. The van der Waals surface area contributed by atoms with E-state index in [0.717, 1.165) is 9.21 Å². The normalized spacial score (nSPS) is 17.6. The van der Waals surface area contributed by atoms with Crippen molar-refractivity contribution in [3.8, 4) is 5.75 Å². The highest BCUT2D eigenvalue weighted by Crippen LogP contribution is 2.26. The summed E-state index contributed by atoms with van der Waals surface area (Å²) in [5.41, 5.74) is 0.533. The Kier molecular flexibility index (Phi) is 9.51. The third kappa shape index (κ3) is 6.84. The number of carbonyl (C=O) groups excluding carboxylic acids is 3. The first-order valence-corrected chi connectivity index (χ1v) is 13.1. The zero-order valence-electron chi connectivity index (χ0n) is 20.5. The molecule has 1 heterocycles. The van der Waals surface area contributed by atoms with Gasteiger partial charge in [-0.1, -0.05) is 11.6 Å². The summed E-state index contributed by atoms with van der Waals surface area (Å²) in [4.78, 5) is 39.5. The molecule has 11 nitrogen and oxygen atoms in total. The van der Waals surface area contributed by atoms with Crippen molar-refractivity contribution in [1.29, 1.82) is 0 Å². The van der Waals surface area contributed by atoms with Crippen molar-refractivity contribution in [2.45, 2.75) is 45.2 Å². The zero-order valence-corrected chi connectivity index (χ0v) is 22.1. The lowest BCUT2D eigenvalue weighted by atomic mass is 10.0. The predicted octanol–water partition coefficient (Wildman–Crippen LogP) is 1.94. The Bertz CT molecular complexity index is 1030. The van der Waals surface area contributed by atoms with Gasteiger partial charge in [0, 0.05) is 25.7 Å². The second-order valence-corrected chi connectivity index (χ2v) is 11.6. The maximum absolute atomic E-state index is 13.0. The predicted molar refractivity (Wildman–Crippen MR) is 130 cm³/mol. The van der Waals surface area contributed by atoms with Crippen molar-refractivity contribution in [3.05, 3.63) is 29.3 Å². The lowest BCUT2D eigenvalue weighted by Gasteiger charge is -2.26. The number of rotatable bonds is 12. The maximum atomic E-state index is 13.0. The monoisotopic (exact) mass is 532 g/mol. The second-order valence-electron chi connectivity index (χ2n) is 9.08. The van der Waals surface area contributed by atoms with E-state index >= 15 is 0 Å². The van der Waals surface area contributed by atoms with E-state index in [1.54, 1.807) is 45.0 Å². The number of carbonyl (C=O) groups is 3. The van der Waals surface area contributed by atoms with Crippen molar-refractivity contribution in [2.24, 2.45) is 5.92 Å². The first kappa shape index (κ1) is 28.8. The molecule has 4 amide bonds. The number of hydroxylamine groups is 1. The summed E-state index contributed by atoms with van der Waals surface area (Å²) in [6, 6.07) is 5.64. The molecule has 2 N–H and O–H groups in total. The highest BCUT2D eigenvalue weighted by atomic mass is 35.5. The summed E-state index contributed by atoms with van der Waals surface area (Å²) in [5.74, 6) is -2.34. The third-order valence-electron chi connectivity index (χ3n) is 6.32.